The molecule has 1 aromatic rings. The van der Waals surface area contributed by atoms with Crippen molar-refractivity contribution >= 4 is 52.9 Å². The lowest BCUT2D eigenvalue weighted by atomic mass is 10.2. The highest BCUT2D eigenvalue weighted by Crippen LogP contribution is 2.30. The van der Waals surface area contributed by atoms with Crippen LogP contribution in [0.15, 0.2) is 12.1 Å². The van der Waals surface area contributed by atoms with Gasteiger partial charge in [0.1, 0.15) is 0 Å². The Morgan fingerprint density at radius 1 is 1.25 bits per heavy atom. The van der Waals surface area contributed by atoms with Gasteiger partial charge in [0.25, 0.3) is 0 Å². The minimum absolute atomic E-state index is 0. The lowest BCUT2D eigenvalue weighted by molar-refractivity contribution is 1.40. The van der Waals surface area contributed by atoms with Crippen molar-refractivity contribution in [1.82, 2.24) is 0 Å². The summed E-state index contributed by atoms with van der Waals surface area (Å²) < 4.78 is 0. The molecular weight excluding hydrogens is 240 g/mol. The summed E-state index contributed by atoms with van der Waals surface area (Å²) in [4.78, 5) is 0. The maximum Gasteiger partial charge on any atom is 0.0656 e. The Morgan fingerprint density at radius 2 is 1.83 bits per heavy atom. The Balaban J connectivity index is 0.00000121. The van der Waals surface area contributed by atoms with Gasteiger partial charge in [-0.25, -0.2) is 0 Å². The fraction of sp³-hybridized carbons (Fsp3) is 0.143. The summed E-state index contributed by atoms with van der Waals surface area (Å²) in [5.41, 5.74) is 6.85. The topological polar surface area (TPSA) is 26.0 Å². The molecule has 2 N–H and O–H groups in total. The van der Waals surface area contributed by atoms with E-state index in [0.29, 0.717) is 21.3 Å². The quantitative estimate of drug-likeness (QED) is 0.593. The van der Waals surface area contributed by atoms with Crippen molar-refractivity contribution < 1.29 is 0 Å². The van der Waals surface area contributed by atoms with Crippen molar-refractivity contribution in [2.24, 2.45) is 0 Å². The number of hydrogen-bond acceptors (Lipinski definition) is 1. The second-order valence-corrected chi connectivity index (χ2v) is 3.12. The Morgan fingerprint density at radius 3 is 2.25 bits per heavy atom. The molecule has 1 rings (SSSR count). The average Bonchev–Trinajstić information content (AvgIpc) is 1.99. The number of anilines is 1. The van der Waals surface area contributed by atoms with Gasteiger partial charge in [-0.3, -0.25) is 0 Å². The molecule has 0 spiro atoms. The van der Waals surface area contributed by atoms with Crippen molar-refractivity contribution in [3.05, 3.63) is 27.7 Å². The predicted octanol–water partition coefficient (Wildman–Crippen LogP) is 3.74. The highest BCUT2D eigenvalue weighted by atomic mass is 35.5. The number of hydrogen-bond donors (Lipinski definition) is 1. The monoisotopic (exact) mass is 245 g/mol. The van der Waals surface area contributed by atoms with E-state index in [0.717, 1.165) is 0 Å². The molecule has 0 heterocycles. The second kappa shape index (κ2) is 5.03. The fourth-order valence-electron chi connectivity index (χ4n) is 0.743. The van der Waals surface area contributed by atoms with E-state index in [9.17, 15) is 0 Å². The van der Waals surface area contributed by atoms with Crippen molar-refractivity contribution in [1.29, 1.82) is 0 Å². The Hall–Kier alpha value is 0.180. The van der Waals surface area contributed by atoms with Crippen molar-refractivity contribution in [3.8, 4) is 0 Å². The normalized spacial score (nSPS) is 9.25. The largest absolute Gasteiger partial charge is 0.398 e. The van der Waals surface area contributed by atoms with E-state index in [1.54, 1.807) is 12.1 Å². The smallest absolute Gasteiger partial charge is 0.0656 e. The van der Waals surface area contributed by atoms with Gasteiger partial charge in [0.15, 0.2) is 0 Å². The van der Waals surface area contributed by atoms with Crippen LogP contribution in [0.1, 0.15) is 5.56 Å². The molecule has 0 aromatic heterocycles. The molecule has 0 atom stereocenters. The summed E-state index contributed by atoms with van der Waals surface area (Å²) in [7, 11) is 0. The predicted molar refractivity (Wildman–Crippen MR) is 57.7 cm³/mol. The van der Waals surface area contributed by atoms with Crippen molar-refractivity contribution in [2.75, 3.05) is 5.73 Å². The third-order valence-corrected chi connectivity index (χ3v) is 2.48. The van der Waals surface area contributed by atoms with E-state index >= 15 is 0 Å². The summed E-state index contributed by atoms with van der Waals surface area (Å²) in [5.74, 6) is 0.283. The minimum atomic E-state index is 0. The molecule has 0 fully saturated rings. The fourth-order valence-corrected chi connectivity index (χ4v) is 1.52. The molecule has 0 aliphatic rings. The standard InChI is InChI=1S/C7H6Cl3N.ClH/c8-3-4-6(11)2-1-5(9)7(4)10;/h1-2H,3,11H2;1H. The molecule has 0 aliphatic heterocycles. The first-order valence-corrected chi connectivity index (χ1v) is 4.24. The van der Waals surface area contributed by atoms with E-state index in [4.69, 9.17) is 40.5 Å². The van der Waals surface area contributed by atoms with Crippen LogP contribution in [0.4, 0.5) is 5.69 Å². The minimum Gasteiger partial charge on any atom is -0.398 e. The van der Waals surface area contributed by atoms with Gasteiger partial charge in [-0.1, -0.05) is 23.2 Å². The summed E-state index contributed by atoms with van der Waals surface area (Å²) >= 11 is 17.1. The zero-order valence-electron chi connectivity index (χ0n) is 5.98. The van der Waals surface area contributed by atoms with Crippen LogP contribution in [0.3, 0.4) is 0 Å². The Labute approximate surface area is 92.2 Å². The molecule has 5 heteroatoms. The third kappa shape index (κ3) is 2.33. The van der Waals surface area contributed by atoms with Crippen LogP contribution in [-0.2, 0) is 5.88 Å². The molecule has 0 radical (unpaired) electrons. The number of alkyl halides is 1. The molecule has 0 unspecified atom stereocenters. The first-order valence-electron chi connectivity index (χ1n) is 2.95. The first kappa shape index (κ1) is 12.2. The second-order valence-electron chi connectivity index (χ2n) is 2.06. The number of nitrogens with two attached hydrogens (primary N) is 1. The van der Waals surface area contributed by atoms with Gasteiger partial charge in [0.05, 0.1) is 15.9 Å². The van der Waals surface area contributed by atoms with Gasteiger partial charge in [-0.05, 0) is 12.1 Å². The maximum absolute atomic E-state index is 5.80. The lowest BCUT2D eigenvalue weighted by Gasteiger charge is -2.04. The van der Waals surface area contributed by atoms with E-state index in [1.807, 2.05) is 0 Å². The Bertz CT molecular complexity index is 274. The Kier molecular flexibility index (Phi) is 5.10. The van der Waals surface area contributed by atoms with Gasteiger partial charge < -0.3 is 5.73 Å². The van der Waals surface area contributed by atoms with Crippen LogP contribution < -0.4 is 5.73 Å². The molecule has 0 saturated carbocycles. The number of benzene rings is 1. The van der Waals surface area contributed by atoms with Crippen LogP contribution in [0.5, 0.6) is 0 Å². The summed E-state index contributed by atoms with van der Waals surface area (Å²) in [6.07, 6.45) is 0. The van der Waals surface area contributed by atoms with Crippen LogP contribution in [-0.4, -0.2) is 0 Å². The number of nitrogen functional groups attached to an aromatic ring is 1. The zero-order chi connectivity index (χ0) is 8.43. The van der Waals surface area contributed by atoms with Crippen LogP contribution in [0, 0.1) is 0 Å². The van der Waals surface area contributed by atoms with Crippen LogP contribution >= 0.6 is 47.2 Å². The van der Waals surface area contributed by atoms with Gasteiger partial charge in [0.2, 0.25) is 0 Å². The molecular formula is C7H7Cl4N. The molecule has 12 heavy (non-hydrogen) atoms. The third-order valence-electron chi connectivity index (χ3n) is 1.37. The maximum atomic E-state index is 5.80. The number of rotatable bonds is 1. The highest BCUT2D eigenvalue weighted by Gasteiger charge is 2.06. The lowest BCUT2D eigenvalue weighted by Crippen LogP contribution is -1.92. The van der Waals surface area contributed by atoms with E-state index in [2.05, 4.69) is 0 Å². The van der Waals surface area contributed by atoms with Gasteiger partial charge in [0, 0.05) is 11.3 Å². The molecule has 0 amide bonds. The van der Waals surface area contributed by atoms with E-state index < -0.39 is 0 Å². The highest BCUT2D eigenvalue weighted by molar-refractivity contribution is 6.43. The SMILES string of the molecule is Cl.Nc1ccc(Cl)c(Cl)c1CCl. The molecule has 0 bridgehead atoms. The van der Waals surface area contributed by atoms with Crippen molar-refractivity contribution in [2.45, 2.75) is 5.88 Å². The summed E-state index contributed by atoms with van der Waals surface area (Å²) in [6, 6.07) is 3.33. The van der Waals surface area contributed by atoms with Crippen LogP contribution in [0.2, 0.25) is 10.0 Å². The molecule has 68 valence electrons. The van der Waals surface area contributed by atoms with Gasteiger partial charge in [-0.2, -0.15) is 0 Å². The first-order chi connectivity index (χ1) is 5.16. The summed E-state index contributed by atoms with van der Waals surface area (Å²) in [6.45, 7) is 0. The van der Waals surface area contributed by atoms with E-state index in [1.165, 1.54) is 0 Å². The molecule has 1 aromatic carbocycles. The molecule has 1 nitrogen and oxygen atoms in total. The molecule has 0 saturated heterocycles. The van der Waals surface area contributed by atoms with E-state index in [-0.39, 0.29) is 18.3 Å². The summed E-state index contributed by atoms with van der Waals surface area (Å²) in [5, 5.41) is 0.929. The zero-order valence-corrected chi connectivity index (χ0v) is 9.07. The number of halogens is 4. The van der Waals surface area contributed by atoms with Crippen molar-refractivity contribution in [3.63, 3.8) is 0 Å². The molecule has 0 aliphatic carbocycles. The van der Waals surface area contributed by atoms with Gasteiger partial charge >= 0.3 is 0 Å². The average molecular weight is 247 g/mol. The van der Waals surface area contributed by atoms with Gasteiger partial charge in [-0.15, -0.1) is 24.0 Å². The van der Waals surface area contributed by atoms with Crippen LogP contribution in [0.25, 0.3) is 0 Å².